The fourth-order valence-electron chi connectivity index (χ4n) is 2.81. The molecule has 2 fully saturated rings. The van der Waals surface area contributed by atoms with Crippen molar-refractivity contribution in [1.82, 2.24) is 10.2 Å². The van der Waals surface area contributed by atoms with Crippen LogP contribution in [-0.2, 0) is 0 Å². The van der Waals surface area contributed by atoms with E-state index in [4.69, 9.17) is 0 Å². The third-order valence-electron chi connectivity index (χ3n) is 4.22. The van der Waals surface area contributed by atoms with Crippen molar-refractivity contribution in [2.24, 2.45) is 5.92 Å². The minimum atomic E-state index is 0.925. The molecule has 0 aromatic carbocycles. The molecule has 2 heteroatoms. The Morgan fingerprint density at radius 2 is 2.07 bits per heavy atom. The van der Waals surface area contributed by atoms with Gasteiger partial charge in [0.05, 0.1) is 0 Å². The van der Waals surface area contributed by atoms with Gasteiger partial charge in [0, 0.05) is 6.04 Å². The first-order valence-corrected chi connectivity index (χ1v) is 6.77. The normalized spacial score (nSPS) is 28.0. The van der Waals surface area contributed by atoms with E-state index in [1.54, 1.807) is 0 Å². The lowest BCUT2D eigenvalue weighted by Gasteiger charge is -2.35. The summed E-state index contributed by atoms with van der Waals surface area (Å²) in [5.74, 6) is 0.966. The average molecular weight is 210 g/mol. The van der Waals surface area contributed by atoms with E-state index >= 15 is 0 Å². The molecule has 1 aliphatic heterocycles. The molecule has 0 aromatic rings. The van der Waals surface area contributed by atoms with Gasteiger partial charge in [0.25, 0.3) is 0 Å². The predicted octanol–water partition coefficient (Wildman–Crippen LogP) is 2.25. The van der Waals surface area contributed by atoms with Gasteiger partial charge in [0.1, 0.15) is 0 Å². The molecule has 2 rings (SSSR count). The Morgan fingerprint density at radius 3 is 2.67 bits per heavy atom. The van der Waals surface area contributed by atoms with Gasteiger partial charge in [-0.1, -0.05) is 6.42 Å². The van der Waals surface area contributed by atoms with E-state index in [1.807, 2.05) is 0 Å². The maximum atomic E-state index is 3.50. The summed E-state index contributed by atoms with van der Waals surface area (Å²) in [5, 5.41) is 3.50. The van der Waals surface area contributed by atoms with E-state index in [0.717, 1.165) is 12.0 Å². The van der Waals surface area contributed by atoms with E-state index in [9.17, 15) is 0 Å². The van der Waals surface area contributed by atoms with Gasteiger partial charge < -0.3 is 10.2 Å². The van der Waals surface area contributed by atoms with Crippen molar-refractivity contribution in [3.8, 4) is 0 Å². The standard InChI is InChI=1S/C13H26N2/c1-15(13-7-2-8-13)10-4-6-12-5-3-9-14-11-12/h12-14H,2-11H2,1H3. The quantitative estimate of drug-likeness (QED) is 0.749. The fraction of sp³-hybridized carbons (Fsp3) is 1.00. The summed E-state index contributed by atoms with van der Waals surface area (Å²) in [4.78, 5) is 2.58. The molecule has 0 spiro atoms. The van der Waals surface area contributed by atoms with Gasteiger partial charge in [0.2, 0.25) is 0 Å². The lowest BCUT2D eigenvalue weighted by Crippen LogP contribution is -2.38. The lowest BCUT2D eigenvalue weighted by molar-refractivity contribution is 0.154. The zero-order chi connectivity index (χ0) is 10.5. The van der Waals surface area contributed by atoms with Crippen LogP contribution < -0.4 is 5.32 Å². The monoisotopic (exact) mass is 210 g/mol. The first-order chi connectivity index (χ1) is 7.36. The Labute approximate surface area is 94.4 Å². The van der Waals surface area contributed by atoms with Crippen LogP contribution >= 0.6 is 0 Å². The van der Waals surface area contributed by atoms with Crippen molar-refractivity contribution in [3.05, 3.63) is 0 Å². The van der Waals surface area contributed by atoms with E-state index in [1.165, 1.54) is 64.6 Å². The van der Waals surface area contributed by atoms with Gasteiger partial charge in [-0.2, -0.15) is 0 Å². The molecule has 1 N–H and O–H groups in total. The van der Waals surface area contributed by atoms with E-state index < -0.39 is 0 Å². The molecule has 2 aliphatic rings. The molecule has 0 bridgehead atoms. The van der Waals surface area contributed by atoms with Gasteiger partial charge >= 0.3 is 0 Å². The van der Waals surface area contributed by atoms with Gasteiger partial charge in [-0.15, -0.1) is 0 Å². The number of piperidine rings is 1. The molecule has 1 aliphatic carbocycles. The highest BCUT2D eigenvalue weighted by Gasteiger charge is 2.21. The number of rotatable bonds is 5. The van der Waals surface area contributed by atoms with Crippen LogP contribution in [0.15, 0.2) is 0 Å². The maximum Gasteiger partial charge on any atom is 0.00922 e. The van der Waals surface area contributed by atoms with Crippen molar-refractivity contribution >= 4 is 0 Å². The third-order valence-corrected chi connectivity index (χ3v) is 4.22. The van der Waals surface area contributed by atoms with Crippen LogP contribution in [0.25, 0.3) is 0 Å². The highest BCUT2D eigenvalue weighted by molar-refractivity contribution is 4.78. The van der Waals surface area contributed by atoms with Crippen LogP contribution in [0.3, 0.4) is 0 Å². The van der Waals surface area contributed by atoms with Gasteiger partial charge in [-0.05, 0) is 71.1 Å². The number of nitrogens with one attached hydrogen (secondary N) is 1. The van der Waals surface area contributed by atoms with Gasteiger partial charge in [-0.3, -0.25) is 0 Å². The van der Waals surface area contributed by atoms with Crippen LogP contribution in [0.2, 0.25) is 0 Å². The first kappa shape index (κ1) is 11.4. The highest BCUT2D eigenvalue weighted by Crippen LogP contribution is 2.24. The van der Waals surface area contributed by atoms with Crippen LogP contribution in [0.4, 0.5) is 0 Å². The summed E-state index contributed by atoms with van der Waals surface area (Å²) < 4.78 is 0. The summed E-state index contributed by atoms with van der Waals surface area (Å²) in [5.41, 5.74) is 0. The van der Waals surface area contributed by atoms with Crippen molar-refractivity contribution in [2.45, 2.75) is 51.0 Å². The zero-order valence-corrected chi connectivity index (χ0v) is 10.2. The van der Waals surface area contributed by atoms with Gasteiger partial charge in [-0.25, -0.2) is 0 Å². The number of hydrogen-bond donors (Lipinski definition) is 1. The molecular weight excluding hydrogens is 184 g/mol. The van der Waals surface area contributed by atoms with E-state index in [2.05, 4.69) is 17.3 Å². The molecule has 88 valence electrons. The Morgan fingerprint density at radius 1 is 1.20 bits per heavy atom. The molecular formula is C13H26N2. The van der Waals surface area contributed by atoms with Crippen LogP contribution in [0, 0.1) is 5.92 Å². The summed E-state index contributed by atoms with van der Waals surface area (Å²) in [7, 11) is 2.31. The average Bonchev–Trinajstić information content (AvgIpc) is 2.16. The smallest absolute Gasteiger partial charge is 0.00922 e. The van der Waals surface area contributed by atoms with Crippen LogP contribution in [-0.4, -0.2) is 37.6 Å². The van der Waals surface area contributed by atoms with Crippen molar-refractivity contribution in [3.63, 3.8) is 0 Å². The van der Waals surface area contributed by atoms with Crippen molar-refractivity contribution < 1.29 is 0 Å². The Bertz CT molecular complexity index is 169. The number of nitrogens with zero attached hydrogens (tertiary/aromatic N) is 1. The second-order valence-electron chi connectivity index (χ2n) is 5.42. The molecule has 0 aromatic heterocycles. The minimum Gasteiger partial charge on any atom is -0.316 e. The maximum absolute atomic E-state index is 3.50. The van der Waals surface area contributed by atoms with Gasteiger partial charge in [0.15, 0.2) is 0 Å². The molecule has 15 heavy (non-hydrogen) atoms. The van der Waals surface area contributed by atoms with Crippen LogP contribution in [0.5, 0.6) is 0 Å². The topological polar surface area (TPSA) is 15.3 Å². The molecule has 1 saturated heterocycles. The molecule has 1 saturated carbocycles. The Kier molecular flexibility index (Phi) is 4.45. The van der Waals surface area contributed by atoms with Crippen molar-refractivity contribution in [2.75, 3.05) is 26.7 Å². The lowest BCUT2D eigenvalue weighted by atomic mass is 9.91. The third kappa shape index (κ3) is 3.46. The predicted molar refractivity (Wildman–Crippen MR) is 65.1 cm³/mol. The second kappa shape index (κ2) is 5.86. The Balaban J connectivity index is 1.53. The summed E-state index contributed by atoms with van der Waals surface area (Å²) in [6.45, 7) is 3.84. The van der Waals surface area contributed by atoms with E-state index in [-0.39, 0.29) is 0 Å². The summed E-state index contributed by atoms with van der Waals surface area (Å²) in [6, 6.07) is 0.925. The van der Waals surface area contributed by atoms with E-state index in [0.29, 0.717) is 0 Å². The largest absolute Gasteiger partial charge is 0.316 e. The molecule has 0 amide bonds. The van der Waals surface area contributed by atoms with Crippen molar-refractivity contribution in [1.29, 1.82) is 0 Å². The Hall–Kier alpha value is -0.0800. The molecule has 0 radical (unpaired) electrons. The first-order valence-electron chi connectivity index (χ1n) is 6.77. The second-order valence-corrected chi connectivity index (χ2v) is 5.42. The fourth-order valence-corrected chi connectivity index (χ4v) is 2.81. The minimum absolute atomic E-state index is 0.925. The summed E-state index contributed by atoms with van der Waals surface area (Å²) >= 11 is 0. The summed E-state index contributed by atoms with van der Waals surface area (Å²) in [6.07, 6.45) is 10.0. The van der Waals surface area contributed by atoms with Crippen LogP contribution in [0.1, 0.15) is 44.9 Å². The SMILES string of the molecule is CN(CCCC1CCCNC1)C1CCC1. The number of hydrogen-bond acceptors (Lipinski definition) is 2. The highest BCUT2D eigenvalue weighted by atomic mass is 15.1. The zero-order valence-electron chi connectivity index (χ0n) is 10.2. The molecule has 1 heterocycles. The molecule has 1 atom stereocenters. The molecule has 1 unspecified atom stereocenters. The molecule has 2 nitrogen and oxygen atoms in total.